The number of halogens is 2. The lowest BCUT2D eigenvalue weighted by atomic mass is 10.2. The number of carboxylic acids is 1. The Labute approximate surface area is 131 Å². The number of hydrogen-bond acceptors (Lipinski definition) is 6. The van der Waals surface area contributed by atoms with Crippen LogP contribution >= 0.6 is 23.2 Å². The van der Waals surface area contributed by atoms with Crippen molar-refractivity contribution in [2.45, 2.75) is 25.5 Å². The molecule has 0 radical (unpaired) electrons. The van der Waals surface area contributed by atoms with E-state index in [1.54, 1.807) is 0 Å². The minimum Gasteiger partial charge on any atom is -0.476 e. The van der Waals surface area contributed by atoms with Gasteiger partial charge in [-0.05, 0) is 24.9 Å². The summed E-state index contributed by atoms with van der Waals surface area (Å²) >= 11 is 11.6. The van der Waals surface area contributed by atoms with Gasteiger partial charge in [0.15, 0.2) is 11.5 Å². The van der Waals surface area contributed by atoms with Crippen molar-refractivity contribution in [3.05, 3.63) is 16.0 Å². The smallest absolute Gasteiger partial charge is 0.356 e. The Morgan fingerprint density at radius 2 is 2.29 bits per heavy atom. The van der Waals surface area contributed by atoms with E-state index in [4.69, 9.17) is 37.8 Å². The molecule has 1 aliphatic heterocycles. The number of aromatic nitrogens is 2. The molecular weight excluding hydrogens is 321 g/mol. The Kier molecular flexibility index (Phi) is 5.58. The summed E-state index contributed by atoms with van der Waals surface area (Å²) in [5.41, 5.74) is -0.338. The van der Waals surface area contributed by atoms with Crippen LogP contribution in [-0.4, -0.2) is 53.0 Å². The number of nitrogens with one attached hydrogen (secondary N) is 1. The highest BCUT2D eigenvalue weighted by Gasteiger charge is 2.20. The first-order valence-corrected chi connectivity index (χ1v) is 7.15. The molecule has 1 aromatic heterocycles. The van der Waals surface area contributed by atoms with Crippen molar-refractivity contribution in [1.82, 2.24) is 9.97 Å². The Balaban J connectivity index is 1.92. The number of carbonyl (C=O) groups is 1. The monoisotopic (exact) mass is 335 g/mol. The summed E-state index contributed by atoms with van der Waals surface area (Å²) in [7, 11) is 0. The predicted molar refractivity (Wildman–Crippen MR) is 77.3 cm³/mol. The summed E-state index contributed by atoms with van der Waals surface area (Å²) in [5, 5.41) is 11.7. The number of aromatic carboxylic acids is 1. The predicted octanol–water partition coefficient (Wildman–Crippen LogP) is 2.09. The Morgan fingerprint density at radius 3 is 2.86 bits per heavy atom. The number of carboxylic acid groups (broad SMARTS) is 1. The van der Waals surface area contributed by atoms with Crippen LogP contribution in [0.15, 0.2) is 0 Å². The van der Waals surface area contributed by atoms with Crippen LogP contribution in [0.25, 0.3) is 0 Å². The van der Waals surface area contributed by atoms with Crippen molar-refractivity contribution >= 4 is 35.0 Å². The summed E-state index contributed by atoms with van der Waals surface area (Å²) in [4.78, 5) is 18.5. The molecule has 2 heterocycles. The van der Waals surface area contributed by atoms with Gasteiger partial charge < -0.3 is 19.9 Å². The molecule has 0 amide bonds. The summed E-state index contributed by atoms with van der Waals surface area (Å²) in [6, 6.07) is -0.129. The fourth-order valence-corrected chi connectivity index (χ4v) is 2.11. The largest absolute Gasteiger partial charge is 0.476 e. The average Bonchev–Trinajstić information content (AvgIpc) is 2.36. The van der Waals surface area contributed by atoms with E-state index >= 15 is 0 Å². The van der Waals surface area contributed by atoms with E-state index in [9.17, 15) is 4.79 Å². The lowest BCUT2D eigenvalue weighted by molar-refractivity contribution is -0.0941. The zero-order valence-electron chi connectivity index (χ0n) is 11.3. The highest BCUT2D eigenvalue weighted by Crippen LogP contribution is 2.25. The van der Waals surface area contributed by atoms with Gasteiger partial charge in [-0.25, -0.2) is 9.78 Å². The molecule has 0 aliphatic carbocycles. The van der Waals surface area contributed by atoms with E-state index in [-0.39, 0.29) is 34.0 Å². The molecule has 0 aromatic carbocycles. The van der Waals surface area contributed by atoms with Gasteiger partial charge in [-0.2, -0.15) is 4.98 Å². The normalized spacial score (nSPS) is 18.9. The van der Waals surface area contributed by atoms with Crippen molar-refractivity contribution in [3.63, 3.8) is 0 Å². The maximum atomic E-state index is 11.0. The molecule has 0 spiro atoms. The number of rotatable bonds is 7. The van der Waals surface area contributed by atoms with Crippen molar-refractivity contribution < 1.29 is 19.4 Å². The zero-order valence-corrected chi connectivity index (χ0v) is 12.8. The Morgan fingerprint density at radius 1 is 1.57 bits per heavy atom. The summed E-state index contributed by atoms with van der Waals surface area (Å²) in [6.07, 6.45) is 1.19. The molecule has 2 atom stereocenters. The van der Waals surface area contributed by atoms with Crippen molar-refractivity contribution in [2.75, 3.05) is 25.1 Å². The first kappa shape index (κ1) is 16.2. The third-order valence-electron chi connectivity index (χ3n) is 2.87. The fraction of sp³-hybridized carbons (Fsp3) is 0.583. The zero-order chi connectivity index (χ0) is 15.4. The van der Waals surface area contributed by atoms with Gasteiger partial charge in [-0.1, -0.05) is 11.6 Å². The molecule has 1 saturated heterocycles. The maximum Gasteiger partial charge on any atom is 0.356 e. The van der Waals surface area contributed by atoms with Crippen LogP contribution < -0.4 is 5.32 Å². The lowest BCUT2D eigenvalue weighted by Crippen LogP contribution is -2.33. The second-order valence-corrected chi connectivity index (χ2v) is 5.39. The Bertz CT molecular complexity index is 525. The third-order valence-corrected chi connectivity index (χ3v) is 3.40. The van der Waals surface area contributed by atoms with Crippen molar-refractivity contribution in [2.24, 2.45) is 0 Å². The van der Waals surface area contributed by atoms with Gasteiger partial charge in [0.05, 0.1) is 19.3 Å². The molecule has 0 saturated carbocycles. The van der Waals surface area contributed by atoms with Gasteiger partial charge in [0.25, 0.3) is 0 Å². The quantitative estimate of drug-likeness (QED) is 0.736. The molecule has 9 heteroatoms. The van der Waals surface area contributed by atoms with Crippen LogP contribution in [0.1, 0.15) is 23.8 Å². The van der Waals surface area contributed by atoms with Crippen LogP contribution in [0.4, 0.5) is 5.82 Å². The molecule has 116 valence electrons. The SMILES string of the molecule is C[C@H](COC[C@@H]1CCO1)Nc1nc(Cl)nc(C(=O)O)c1Cl. The molecular formula is C12H15Cl2N3O4. The number of anilines is 1. The summed E-state index contributed by atoms with van der Waals surface area (Å²) < 4.78 is 10.7. The third kappa shape index (κ3) is 4.41. The first-order valence-electron chi connectivity index (χ1n) is 6.39. The Hall–Kier alpha value is -1.15. The highest BCUT2D eigenvalue weighted by molar-refractivity contribution is 6.36. The van der Waals surface area contributed by atoms with Crippen LogP contribution in [0, 0.1) is 0 Å². The van der Waals surface area contributed by atoms with E-state index in [0.717, 1.165) is 13.0 Å². The van der Waals surface area contributed by atoms with Crippen molar-refractivity contribution in [3.8, 4) is 0 Å². The minimum atomic E-state index is -1.27. The van der Waals surface area contributed by atoms with E-state index in [1.165, 1.54) is 0 Å². The van der Waals surface area contributed by atoms with E-state index in [0.29, 0.717) is 13.2 Å². The summed E-state index contributed by atoms with van der Waals surface area (Å²) in [6.45, 7) is 3.58. The maximum absolute atomic E-state index is 11.0. The van der Waals surface area contributed by atoms with Gasteiger partial charge in [0.1, 0.15) is 5.02 Å². The molecule has 1 aliphatic rings. The first-order chi connectivity index (χ1) is 9.97. The molecule has 0 bridgehead atoms. The van der Waals surface area contributed by atoms with E-state index in [2.05, 4.69) is 15.3 Å². The fourth-order valence-electron chi connectivity index (χ4n) is 1.72. The van der Waals surface area contributed by atoms with Crippen LogP contribution in [0.5, 0.6) is 0 Å². The lowest BCUT2D eigenvalue weighted by Gasteiger charge is -2.26. The van der Waals surface area contributed by atoms with Gasteiger partial charge in [-0.3, -0.25) is 0 Å². The van der Waals surface area contributed by atoms with Crippen LogP contribution in [-0.2, 0) is 9.47 Å². The van der Waals surface area contributed by atoms with Gasteiger partial charge >= 0.3 is 5.97 Å². The highest BCUT2D eigenvalue weighted by atomic mass is 35.5. The average molecular weight is 336 g/mol. The molecule has 1 fully saturated rings. The number of hydrogen-bond donors (Lipinski definition) is 2. The molecule has 7 nitrogen and oxygen atoms in total. The van der Waals surface area contributed by atoms with E-state index in [1.807, 2.05) is 6.92 Å². The second-order valence-electron chi connectivity index (χ2n) is 4.67. The van der Waals surface area contributed by atoms with Crippen LogP contribution in [0.2, 0.25) is 10.3 Å². The van der Waals surface area contributed by atoms with Crippen LogP contribution in [0.3, 0.4) is 0 Å². The van der Waals surface area contributed by atoms with E-state index < -0.39 is 5.97 Å². The summed E-state index contributed by atoms with van der Waals surface area (Å²) in [5.74, 6) is -1.09. The topological polar surface area (TPSA) is 93.6 Å². The number of ether oxygens (including phenoxy) is 2. The molecule has 21 heavy (non-hydrogen) atoms. The molecule has 1 aromatic rings. The number of nitrogens with zero attached hydrogens (tertiary/aromatic N) is 2. The van der Waals surface area contributed by atoms with Gasteiger partial charge in [0.2, 0.25) is 5.28 Å². The standard InChI is InChI=1S/C12H15Cl2N3O4/c1-6(4-20-5-7-2-3-21-7)15-10-8(13)9(11(18)19)16-12(14)17-10/h6-7H,2-5H2,1H3,(H,18,19)(H,15,16,17)/t6-,7+/m1/s1. The second kappa shape index (κ2) is 7.22. The molecule has 2 rings (SSSR count). The molecule has 2 N–H and O–H groups in total. The minimum absolute atomic E-state index is 0.0823. The van der Waals surface area contributed by atoms with Gasteiger partial charge in [0, 0.05) is 12.6 Å². The molecule has 0 unspecified atom stereocenters. The van der Waals surface area contributed by atoms with Crippen molar-refractivity contribution in [1.29, 1.82) is 0 Å². The van der Waals surface area contributed by atoms with Gasteiger partial charge in [-0.15, -0.1) is 0 Å².